The van der Waals surface area contributed by atoms with Crippen molar-refractivity contribution in [2.24, 2.45) is 11.5 Å². The van der Waals surface area contributed by atoms with Gasteiger partial charge in [-0.3, -0.25) is 4.79 Å². The lowest BCUT2D eigenvalue weighted by Gasteiger charge is -2.30. The van der Waals surface area contributed by atoms with Gasteiger partial charge < -0.3 is 16.4 Å². The number of carbonyl (C=O) groups excluding carboxylic acids is 1. The van der Waals surface area contributed by atoms with Crippen molar-refractivity contribution in [1.29, 1.82) is 0 Å². The Hall–Kier alpha value is -2.26. The molecule has 0 bridgehead atoms. The summed E-state index contributed by atoms with van der Waals surface area (Å²) in [6, 6.07) is 5.30. The first-order valence-corrected chi connectivity index (χ1v) is 8.89. The van der Waals surface area contributed by atoms with Crippen molar-refractivity contribution in [3.05, 3.63) is 67.0 Å². The Morgan fingerprint density at radius 3 is 2.72 bits per heavy atom. The number of anilines is 1. The second-order valence-electron chi connectivity index (χ2n) is 5.19. The first-order valence-electron chi connectivity index (χ1n) is 7.64. The van der Waals surface area contributed by atoms with E-state index in [0.29, 0.717) is 30.0 Å². The fourth-order valence-electron chi connectivity index (χ4n) is 2.53. The van der Waals surface area contributed by atoms with Crippen LogP contribution in [0.3, 0.4) is 0 Å². The van der Waals surface area contributed by atoms with E-state index >= 15 is 0 Å². The van der Waals surface area contributed by atoms with Crippen molar-refractivity contribution in [2.45, 2.75) is 4.05 Å². The highest BCUT2D eigenvalue weighted by Crippen LogP contribution is 2.30. The maximum Gasteiger partial charge on any atom is 0.250 e. The van der Waals surface area contributed by atoms with Gasteiger partial charge in [0, 0.05) is 18.5 Å². The van der Waals surface area contributed by atoms with Crippen LogP contribution in [-0.2, 0) is 0 Å². The maximum atomic E-state index is 11.7. The predicted octanol–water partition coefficient (Wildman–Crippen LogP) is 2.55. The molecule has 25 heavy (non-hydrogen) atoms. The van der Waals surface area contributed by atoms with Crippen LogP contribution in [0.1, 0.15) is 10.4 Å². The van der Waals surface area contributed by atoms with Crippen LogP contribution >= 0.6 is 22.6 Å². The summed E-state index contributed by atoms with van der Waals surface area (Å²) in [4.78, 5) is 22.4. The van der Waals surface area contributed by atoms with Gasteiger partial charge in [-0.1, -0.05) is 60.0 Å². The molecular formula is C18H20IN5O. The number of amides is 1. The van der Waals surface area contributed by atoms with Gasteiger partial charge in [-0.25, -0.2) is 9.97 Å². The Bertz CT molecular complexity index is 833. The third-order valence-corrected chi connectivity index (χ3v) is 5.04. The Balaban J connectivity index is 2.65. The van der Waals surface area contributed by atoms with Crippen molar-refractivity contribution < 1.29 is 4.79 Å². The van der Waals surface area contributed by atoms with Crippen LogP contribution in [0.2, 0.25) is 0 Å². The number of rotatable bonds is 8. The van der Waals surface area contributed by atoms with E-state index in [1.54, 1.807) is 24.3 Å². The second-order valence-corrected chi connectivity index (χ2v) is 6.37. The molecule has 0 radical (unpaired) electrons. The molecule has 4 N–H and O–H groups in total. The predicted molar refractivity (Wildman–Crippen MR) is 111 cm³/mol. The molecule has 0 spiro atoms. The summed E-state index contributed by atoms with van der Waals surface area (Å²) in [5, 5.41) is 0.746. The van der Waals surface area contributed by atoms with E-state index in [1.807, 2.05) is 17.0 Å². The average molecular weight is 449 g/mol. The molecule has 1 amide bonds. The minimum atomic E-state index is -0.523. The van der Waals surface area contributed by atoms with E-state index in [0.717, 1.165) is 11.0 Å². The lowest BCUT2D eigenvalue weighted by Crippen LogP contribution is -2.37. The molecule has 7 heteroatoms. The largest absolute Gasteiger partial charge is 0.366 e. The van der Waals surface area contributed by atoms with Crippen LogP contribution in [0.15, 0.2) is 61.5 Å². The van der Waals surface area contributed by atoms with E-state index in [-0.39, 0.29) is 4.05 Å². The Morgan fingerprint density at radius 1 is 1.36 bits per heavy atom. The molecule has 0 aliphatic rings. The highest BCUT2D eigenvalue weighted by Gasteiger charge is 2.22. The van der Waals surface area contributed by atoms with Gasteiger partial charge in [-0.2, -0.15) is 0 Å². The van der Waals surface area contributed by atoms with Crippen LogP contribution in [0.5, 0.6) is 0 Å². The Kier molecular flexibility index (Phi) is 6.65. The number of primary amides is 1. The van der Waals surface area contributed by atoms with Gasteiger partial charge in [-0.05, 0) is 17.7 Å². The molecule has 6 nitrogen and oxygen atoms in total. The number of fused-ring (bicyclic) bond motifs is 1. The highest BCUT2D eigenvalue weighted by molar-refractivity contribution is 14.1. The number of aromatic nitrogens is 2. The van der Waals surface area contributed by atoms with Gasteiger partial charge in [0.15, 0.2) is 0 Å². The molecule has 0 aliphatic carbocycles. The quantitative estimate of drug-likeness (QED) is 0.280. The van der Waals surface area contributed by atoms with E-state index in [2.05, 4.69) is 45.7 Å². The number of para-hydroxylation sites is 1. The summed E-state index contributed by atoms with van der Waals surface area (Å²) >= 11 is 2.30. The molecule has 1 aromatic carbocycles. The molecule has 1 aromatic heterocycles. The van der Waals surface area contributed by atoms with Gasteiger partial charge >= 0.3 is 0 Å². The van der Waals surface area contributed by atoms with Gasteiger partial charge in [0.1, 0.15) is 16.2 Å². The van der Waals surface area contributed by atoms with E-state index in [1.165, 1.54) is 6.33 Å². The van der Waals surface area contributed by atoms with Crippen molar-refractivity contribution in [3.63, 3.8) is 0 Å². The zero-order valence-electron chi connectivity index (χ0n) is 13.7. The summed E-state index contributed by atoms with van der Waals surface area (Å²) in [5.41, 5.74) is 13.1. The normalized spacial score (nSPS) is 12.6. The number of allylic oxidation sites excluding steroid dienone is 2. The number of hydrogen-bond donors (Lipinski definition) is 2. The lowest BCUT2D eigenvalue weighted by atomic mass is 10.1. The van der Waals surface area contributed by atoms with Gasteiger partial charge in [-0.15, -0.1) is 0 Å². The van der Waals surface area contributed by atoms with E-state index in [4.69, 9.17) is 11.5 Å². The lowest BCUT2D eigenvalue weighted by molar-refractivity contribution is 0.100. The highest BCUT2D eigenvalue weighted by atomic mass is 127. The van der Waals surface area contributed by atoms with Gasteiger partial charge in [0.05, 0.1) is 11.1 Å². The first-order chi connectivity index (χ1) is 12.0. The minimum absolute atomic E-state index is 0.0630. The third kappa shape index (κ3) is 4.05. The number of carbonyl (C=O) groups is 1. The van der Waals surface area contributed by atoms with Crippen LogP contribution in [0, 0.1) is 0 Å². The molecule has 130 valence electrons. The fraction of sp³-hybridized carbons (Fsp3) is 0.167. The zero-order valence-corrected chi connectivity index (χ0v) is 15.9. The second kappa shape index (κ2) is 8.72. The maximum absolute atomic E-state index is 11.7. The molecule has 1 heterocycles. The van der Waals surface area contributed by atoms with Crippen LogP contribution < -0.4 is 16.4 Å². The molecule has 2 rings (SSSR count). The van der Waals surface area contributed by atoms with Crippen molar-refractivity contribution in [1.82, 2.24) is 9.97 Å². The molecule has 0 unspecified atom stereocenters. The zero-order chi connectivity index (χ0) is 18.4. The molecule has 0 fully saturated rings. The fourth-order valence-corrected chi connectivity index (χ4v) is 3.53. The first kappa shape index (κ1) is 19.1. The number of benzene rings is 1. The van der Waals surface area contributed by atoms with Gasteiger partial charge in [0.2, 0.25) is 0 Å². The monoisotopic (exact) mass is 449 g/mol. The van der Waals surface area contributed by atoms with Crippen molar-refractivity contribution in [3.8, 4) is 0 Å². The smallest absolute Gasteiger partial charge is 0.250 e. The number of alkyl halides is 1. The summed E-state index contributed by atoms with van der Waals surface area (Å²) < 4.78 is -0.0630. The summed E-state index contributed by atoms with van der Waals surface area (Å²) in [6.45, 7) is 8.62. The van der Waals surface area contributed by atoms with Crippen LogP contribution in [-0.4, -0.2) is 33.0 Å². The summed E-state index contributed by atoms with van der Waals surface area (Å²) in [6.07, 6.45) is 6.82. The van der Waals surface area contributed by atoms with E-state index in [9.17, 15) is 4.79 Å². The molecule has 0 aliphatic heterocycles. The molecule has 1 atom stereocenters. The molecule has 0 saturated heterocycles. The third-order valence-electron chi connectivity index (χ3n) is 3.65. The summed E-state index contributed by atoms with van der Waals surface area (Å²) in [7, 11) is 0. The van der Waals surface area contributed by atoms with Crippen molar-refractivity contribution >= 4 is 45.2 Å². The average Bonchev–Trinajstić information content (AvgIpc) is 2.62. The number of nitrogens with two attached hydrogens (primary N) is 2. The molecule has 0 saturated carbocycles. The Labute approximate surface area is 160 Å². The molecular weight excluding hydrogens is 429 g/mol. The SMILES string of the molecule is C=CC=C(C=C)[C@@H](I)N(CCN)c1ncnc2c(C(N)=O)cccc12. The number of halogens is 1. The standard InChI is InChI=1S/C18H20IN5O/c1-3-6-12(4-2)16(19)24(10-9-20)18-14-8-5-7-13(17(21)25)15(14)22-11-23-18/h3-8,11,16H,1-2,9-10,20H2,(H2,21,25)/t16-/m0/s1. The summed E-state index contributed by atoms with van der Waals surface area (Å²) in [5.74, 6) is 0.166. The van der Waals surface area contributed by atoms with Crippen LogP contribution in [0.4, 0.5) is 5.82 Å². The topological polar surface area (TPSA) is 98.1 Å². The minimum Gasteiger partial charge on any atom is -0.366 e. The number of hydrogen-bond acceptors (Lipinski definition) is 5. The van der Waals surface area contributed by atoms with Gasteiger partial charge in [0.25, 0.3) is 5.91 Å². The van der Waals surface area contributed by atoms with Crippen LogP contribution in [0.25, 0.3) is 10.9 Å². The Morgan fingerprint density at radius 2 is 2.12 bits per heavy atom. The van der Waals surface area contributed by atoms with Crippen molar-refractivity contribution in [2.75, 3.05) is 18.0 Å². The number of nitrogens with zero attached hydrogens (tertiary/aromatic N) is 3. The molecule has 2 aromatic rings. The van der Waals surface area contributed by atoms with E-state index < -0.39 is 5.91 Å².